The fourth-order valence-electron chi connectivity index (χ4n) is 3.56. The number of nitrogens with one attached hydrogen (secondary N) is 2. The molecule has 0 bridgehead atoms. The van der Waals surface area contributed by atoms with Gasteiger partial charge in [-0.3, -0.25) is 9.78 Å². The van der Waals surface area contributed by atoms with Gasteiger partial charge in [-0.1, -0.05) is 0 Å². The Morgan fingerprint density at radius 3 is 2.83 bits per heavy atom. The van der Waals surface area contributed by atoms with Crippen molar-refractivity contribution in [3.8, 4) is 5.75 Å². The van der Waals surface area contributed by atoms with Crippen LogP contribution in [-0.2, 0) is 4.79 Å². The molecule has 1 saturated carbocycles. The van der Waals surface area contributed by atoms with Crippen LogP contribution < -0.4 is 15.4 Å². The van der Waals surface area contributed by atoms with E-state index >= 15 is 0 Å². The number of aliphatic hydroxyl groups is 1. The number of carbonyl (C=O) groups is 1. The molecule has 2 heterocycles. The normalized spacial score (nSPS) is 26.1. The number of hydrogen-bond donors (Lipinski definition) is 3. The third-order valence-electron chi connectivity index (χ3n) is 4.88. The Labute approximate surface area is 136 Å². The maximum atomic E-state index is 12.3. The Morgan fingerprint density at radius 2 is 2.17 bits per heavy atom. The van der Waals surface area contributed by atoms with Crippen molar-refractivity contribution in [1.82, 2.24) is 15.6 Å². The molecule has 0 radical (unpaired) electrons. The third-order valence-corrected chi connectivity index (χ3v) is 4.88. The fraction of sp³-hybridized carbons (Fsp3) is 0.647. The number of rotatable bonds is 6. The van der Waals surface area contributed by atoms with E-state index in [4.69, 9.17) is 4.74 Å². The zero-order valence-electron chi connectivity index (χ0n) is 13.3. The Hall–Kier alpha value is -1.66. The van der Waals surface area contributed by atoms with E-state index in [-0.39, 0.29) is 24.7 Å². The van der Waals surface area contributed by atoms with Crippen molar-refractivity contribution in [3.63, 3.8) is 0 Å². The number of hydrogen-bond acceptors (Lipinski definition) is 5. The van der Waals surface area contributed by atoms with E-state index in [0.29, 0.717) is 17.6 Å². The summed E-state index contributed by atoms with van der Waals surface area (Å²) >= 11 is 0. The lowest BCUT2D eigenvalue weighted by atomic mass is 9.71. The molecule has 6 heteroatoms. The summed E-state index contributed by atoms with van der Waals surface area (Å²) in [5.74, 6) is 1.37. The van der Waals surface area contributed by atoms with Crippen molar-refractivity contribution < 1.29 is 14.6 Å². The molecule has 3 N–H and O–H groups in total. The maximum Gasteiger partial charge on any atom is 0.258 e. The second-order valence-corrected chi connectivity index (χ2v) is 6.54. The molecule has 1 amide bonds. The lowest BCUT2D eigenvalue weighted by molar-refractivity contribution is -0.125. The second-order valence-electron chi connectivity index (χ2n) is 6.54. The Kier molecular flexibility index (Phi) is 5.46. The van der Waals surface area contributed by atoms with E-state index in [1.165, 1.54) is 0 Å². The van der Waals surface area contributed by atoms with Crippen LogP contribution in [0, 0.1) is 11.8 Å². The summed E-state index contributed by atoms with van der Waals surface area (Å²) in [5, 5.41) is 16.1. The molecule has 126 valence electrons. The monoisotopic (exact) mass is 319 g/mol. The van der Waals surface area contributed by atoms with Gasteiger partial charge in [-0.05, 0) is 62.7 Å². The smallest absolute Gasteiger partial charge is 0.258 e. The lowest BCUT2D eigenvalue weighted by Gasteiger charge is -2.43. The number of pyridine rings is 1. The summed E-state index contributed by atoms with van der Waals surface area (Å²) in [7, 11) is 0. The highest BCUT2D eigenvalue weighted by atomic mass is 16.5. The van der Waals surface area contributed by atoms with Crippen LogP contribution in [0.4, 0.5) is 0 Å². The molecular weight excluding hydrogens is 294 g/mol. The van der Waals surface area contributed by atoms with Gasteiger partial charge < -0.3 is 20.5 Å². The molecule has 3 rings (SSSR count). The van der Waals surface area contributed by atoms with Crippen LogP contribution in [-0.4, -0.2) is 47.8 Å². The first kappa shape index (κ1) is 16.2. The molecule has 2 fully saturated rings. The predicted octanol–water partition coefficient (Wildman–Crippen LogP) is 0.716. The average molecular weight is 319 g/mol. The Morgan fingerprint density at radius 1 is 1.39 bits per heavy atom. The zero-order chi connectivity index (χ0) is 16.1. The number of ether oxygens (including phenoxy) is 1. The molecule has 0 aromatic carbocycles. The first-order chi connectivity index (χ1) is 11.2. The minimum Gasteiger partial charge on any atom is -0.482 e. The number of aromatic nitrogens is 1. The van der Waals surface area contributed by atoms with E-state index in [1.807, 2.05) is 0 Å². The van der Waals surface area contributed by atoms with Crippen molar-refractivity contribution in [3.05, 3.63) is 24.5 Å². The van der Waals surface area contributed by atoms with Gasteiger partial charge in [0.15, 0.2) is 6.61 Å². The molecule has 1 unspecified atom stereocenters. The summed E-state index contributed by atoms with van der Waals surface area (Å²) in [6.45, 7) is 2.00. The summed E-state index contributed by atoms with van der Waals surface area (Å²) in [6, 6.07) is 3.71. The summed E-state index contributed by atoms with van der Waals surface area (Å²) in [6.07, 6.45) is 6.79. The Bertz CT molecular complexity index is 499. The third kappa shape index (κ3) is 4.42. The molecule has 1 aliphatic carbocycles. The highest BCUT2D eigenvalue weighted by molar-refractivity contribution is 5.77. The molecule has 1 aromatic heterocycles. The van der Waals surface area contributed by atoms with Gasteiger partial charge in [-0.25, -0.2) is 0 Å². The van der Waals surface area contributed by atoms with Crippen molar-refractivity contribution >= 4 is 5.91 Å². The minimum absolute atomic E-state index is 0.00242. The van der Waals surface area contributed by atoms with E-state index in [9.17, 15) is 9.90 Å². The molecule has 1 saturated heterocycles. The average Bonchev–Trinajstić information content (AvgIpc) is 2.57. The van der Waals surface area contributed by atoms with Gasteiger partial charge >= 0.3 is 0 Å². The quantitative estimate of drug-likeness (QED) is 0.719. The molecule has 1 aromatic rings. The standard InChI is InChI=1S/C17H25N3O3/c21-14-8-13(9-14)17(12-3-6-18-7-4-12)20-16(22)11-23-15-2-1-5-19-10-15/h1-2,5,10,12-14,17-18,21H,3-4,6-9,11H2,(H,20,22). The van der Waals surface area contributed by atoms with Gasteiger partial charge in [0.25, 0.3) is 5.91 Å². The maximum absolute atomic E-state index is 12.3. The van der Waals surface area contributed by atoms with E-state index in [2.05, 4.69) is 15.6 Å². The predicted molar refractivity (Wildman–Crippen MR) is 86.0 cm³/mol. The molecule has 1 atom stereocenters. The summed E-state index contributed by atoms with van der Waals surface area (Å²) in [5.41, 5.74) is 0. The van der Waals surface area contributed by atoms with Gasteiger partial charge in [-0.2, -0.15) is 0 Å². The first-order valence-corrected chi connectivity index (χ1v) is 8.43. The van der Waals surface area contributed by atoms with Crippen molar-refractivity contribution in [2.75, 3.05) is 19.7 Å². The number of piperidine rings is 1. The van der Waals surface area contributed by atoms with Gasteiger partial charge in [0, 0.05) is 12.2 Å². The number of amides is 1. The van der Waals surface area contributed by atoms with Crippen LogP contribution in [0.15, 0.2) is 24.5 Å². The highest BCUT2D eigenvalue weighted by Crippen LogP contribution is 2.35. The second kappa shape index (κ2) is 7.75. The lowest BCUT2D eigenvalue weighted by Crippen LogP contribution is -2.53. The minimum atomic E-state index is -0.201. The summed E-state index contributed by atoms with van der Waals surface area (Å²) in [4.78, 5) is 16.2. The number of nitrogens with zero attached hydrogens (tertiary/aromatic N) is 1. The molecular formula is C17H25N3O3. The molecule has 2 aliphatic rings. The van der Waals surface area contributed by atoms with Gasteiger partial charge in [-0.15, -0.1) is 0 Å². The summed E-state index contributed by atoms with van der Waals surface area (Å²) < 4.78 is 5.47. The van der Waals surface area contributed by atoms with Crippen LogP contribution in [0.25, 0.3) is 0 Å². The van der Waals surface area contributed by atoms with E-state index < -0.39 is 0 Å². The number of carbonyl (C=O) groups excluding carboxylic acids is 1. The largest absolute Gasteiger partial charge is 0.482 e. The van der Waals surface area contributed by atoms with Crippen LogP contribution in [0.5, 0.6) is 5.75 Å². The van der Waals surface area contributed by atoms with Crippen molar-refractivity contribution in [2.24, 2.45) is 11.8 Å². The molecule has 23 heavy (non-hydrogen) atoms. The van der Waals surface area contributed by atoms with E-state index in [0.717, 1.165) is 38.8 Å². The Balaban J connectivity index is 1.53. The van der Waals surface area contributed by atoms with Gasteiger partial charge in [0.05, 0.1) is 12.3 Å². The van der Waals surface area contributed by atoms with Crippen molar-refractivity contribution in [1.29, 1.82) is 0 Å². The van der Waals surface area contributed by atoms with Crippen molar-refractivity contribution in [2.45, 2.75) is 37.8 Å². The SMILES string of the molecule is O=C(COc1cccnc1)NC(C1CCNCC1)C1CC(O)C1. The van der Waals surface area contributed by atoms with Crippen LogP contribution in [0.1, 0.15) is 25.7 Å². The van der Waals surface area contributed by atoms with Gasteiger partial charge in [0.1, 0.15) is 5.75 Å². The van der Waals surface area contributed by atoms with Crippen LogP contribution in [0.3, 0.4) is 0 Å². The molecule has 1 aliphatic heterocycles. The highest BCUT2D eigenvalue weighted by Gasteiger charge is 2.39. The van der Waals surface area contributed by atoms with E-state index in [1.54, 1.807) is 24.5 Å². The fourth-order valence-corrected chi connectivity index (χ4v) is 3.56. The first-order valence-electron chi connectivity index (χ1n) is 8.43. The van der Waals surface area contributed by atoms with Gasteiger partial charge in [0.2, 0.25) is 0 Å². The van der Waals surface area contributed by atoms with Crippen LogP contribution in [0.2, 0.25) is 0 Å². The molecule has 0 spiro atoms. The zero-order valence-corrected chi connectivity index (χ0v) is 13.3. The van der Waals surface area contributed by atoms with Crippen LogP contribution >= 0.6 is 0 Å². The number of aliphatic hydroxyl groups excluding tert-OH is 1. The topological polar surface area (TPSA) is 83.5 Å². The molecule has 6 nitrogen and oxygen atoms in total.